The molecule has 1 amide bonds. The lowest BCUT2D eigenvalue weighted by atomic mass is 9.88. The Labute approximate surface area is 179 Å². The molecule has 4 nitrogen and oxygen atoms in total. The van der Waals surface area contributed by atoms with Crippen molar-refractivity contribution >= 4 is 33.1 Å². The number of rotatable bonds is 5. The van der Waals surface area contributed by atoms with Crippen LogP contribution < -0.4 is 0 Å². The van der Waals surface area contributed by atoms with Gasteiger partial charge in [0.05, 0.1) is 11.5 Å². The highest BCUT2D eigenvalue weighted by molar-refractivity contribution is 7.21. The normalized spacial score (nSPS) is 15.0. The molecule has 1 aliphatic heterocycles. The average Bonchev–Trinajstić information content (AvgIpc) is 3.13. The number of aryl methyl sites for hydroxylation is 1. The van der Waals surface area contributed by atoms with Crippen LogP contribution in [0.3, 0.4) is 0 Å². The Morgan fingerprint density at radius 3 is 2.50 bits per heavy atom. The van der Waals surface area contributed by atoms with E-state index in [4.69, 9.17) is 4.74 Å². The van der Waals surface area contributed by atoms with Gasteiger partial charge in [0.1, 0.15) is 5.82 Å². The summed E-state index contributed by atoms with van der Waals surface area (Å²) in [7, 11) is 1.54. The number of nitrogens with zero attached hydrogens (tertiary/aromatic N) is 1. The van der Waals surface area contributed by atoms with Crippen LogP contribution in [0.15, 0.2) is 42.5 Å². The SMILES string of the molecule is COCc1c(C(=O)N2CCC(C(=O)c3ccc(C)cc3)CC2)sc2cccc(F)c12. The number of amides is 1. The summed E-state index contributed by atoms with van der Waals surface area (Å²) in [4.78, 5) is 28.3. The van der Waals surface area contributed by atoms with E-state index >= 15 is 0 Å². The van der Waals surface area contributed by atoms with E-state index in [0.29, 0.717) is 41.8 Å². The molecule has 0 aliphatic carbocycles. The zero-order chi connectivity index (χ0) is 21.3. The van der Waals surface area contributed by atoms with Crippen molar-refractivity contribution in [1.29, 1.82) is 0 Å². The van der Waals surface area contributed by atoms with Crippen molar-refractivity contribution in [3.8, 4) is 0 Å². The van der Waals surface area contributed by atoms with E-state index < -0.39 is 0 Å². The third-order valence-electron chi connectivity index (χ3n) is 5.74. The average molecular weight is 426 g/mol. The second kappa shape index (κ2) is 8.66. The van der Waals surface area contributed by atoms with Gasteiger partial charge in [-0.05, 0) is 31.9 Å². The molecule has 1 fully saturated rings. The first-order valence-corrected chi connectivity index (χ1v) is 10.9. The number of fused-ring (bicyclic) bond motifs is 1. The van der Waals surface area contributed by atoms with Crippen LogP contribution in [0.4, 0.5) is 4.39 Å². The van der Waals surface area contributed by atoms with E-state index in [-0.39, 0.29) is 30.0 Å². The first-order chi connectivity index (χ1) is 14.5. The van der Waals surface area contributed by atoms with Crippen molar-refractivity contribution in [2.45, 2.75) is 26.4 Å². The number of methoxy groups -OCH3 is 1. The Morgan fingerprint density at radius 2 is 1.83 bits per heavy atom. The molecule has 2 aromatic carbocycles. The van der Waals surface area contributed by atoms with E-state index in [1.807, 2.05) is 37.3 Å². The third kappa shape index (κ3) is 3.89. The summed E-state index contributed by atoms with van der Waals surface area (Å²) in [5.74, 6) is -0.373. The van der Waals surface area contributed by atoms with Crippen molar-refractivity contribution in [2.24, 2.45) is 5.92 Å². The zero-order valence-corrected chi connectivity index (χ0v) is 17.9. The van der Waals surface area contributed by atoms with E-state index in [1.165, 1.54) is 17.4 Å². The third-order valence-corrected chi connectivity index (χ3v) is 6.92. The summed E-state index contributed by atoms with van der Waals surface area (Å²) in [6.07, 6.45) is 1.27. The number of thiophene rings is 1. The first kappa shape index (κ1) is 20.7. The number of ketones is 1. The molecule has 3 aromatic rings. The lowest BCUT2D eigenvalue weighted by Gasteiger charge is -2.31. The molecule has 0 saturated carbocycles. The number of carbonyl (C=O) groups excluding carboxylic acids is 2. The van der Waals surface area contributed by atoms with Gasteiger partial charge in [-0.2, -0.15) is 0 Å². The molecule has 0 radical (unpaired) electrons. The largest absolute Gasteiger partial charge is 0.380 e. The molecule has 0 atom stereocenters. The van der Waals surface area contributed by atoms with Gasteiger partial charge >= 0.3 is 0 Å². The molecular weight excluding hydrogens is 401 g/mol. The second-order valence-electron chi connectivity index (χ2n) is 7.75. The fourth-order valence-electron chi connectivity index (χ4n) is 4.06. The molecule has 30 heavy (non-hydrogen) atoms. The molecule has 2 heterocycles. The highest BCUT2D eigenvalue weighted by Crippen LogP contribution is 2.35. The van der Waals surface area contributed by atoms with Gasteiger partial charge < -0.3 is 9.64 Å². The lowest BCUT2D eigenvalue weighted by molar-refractivity contribution is 0.0651. The maximum Gasteiger partial charge on any atom is 0.264 e. The number of hydrogen-bond donors (Lipinski definition) is 0. The quantitative estimate of drug-likeness (QED) is 0.526. The standard InChI is InChI=1S/C24H24FNO3S/c1-15-6-8-16(9-7-15)22(27)17-10-12-26(13-11-17)24(28)23-18(14-29-2)21-19(25)4-3-5-20(21)30-23/h3-9,17H,10-14H2,1-2H3. The Kier molecular flexibility index (Phi) is 5.97. The van der Waals surface area contributed by atoms with Gasteiger partial charge in [0.15, 0.2) is 5.78 Å². The molecule has 0 unspecified atom stereocenters. The highest BCUT2D eigenvalue weighted by atomic mass is 32.1. The predicted molar refractivity (Wildman–Crippen MR) is 117 cm³/mol. The zero-order valence-electron chi connectivity index (χ0n) is 17.1. The fraction of sp³-hybridized carbons (Fsp3) is 0.333. The number of likely N-dealkylation sites (tertiary alicyclic amines) is 1. The van der Waals surface area contributed by atoms with Gasteiger partial charge in [-0.1, -0.05) is 35.9 Å². The van der Waals surface area contributed by atoms with Crippen molar-refractivity contribution < 1.29 is 18.7 Å². The summed E-state index contributed by atoms with van der Waals surface area (Å²) in [5.41, 5.74) is 2.46. The summed E-state index contributed by atoms with van der Waals surface area (Å²) >= 11 is 1.31. The molecule has 6 heteroatoms. The monoisotopic (exact) mass is 425 g/mol. The van der Waals surface area contributed by atoms with Crippen molar-refractivity contribution in [3.63, 3.8) is 0 Å². The van der Waals surface area contributed by atoms with Crippen LogP contribution in [0.1, 0.15) is 44.0 Å². The number of piperidine rings is 1. The predicted octanol–water partition coefficient (Wildman–Crippen LogP) is 5.23. The van der Waals surface area contributed by atoms with E-state index in [1.54, 1.807) is 18.1 Å². The summed E-state index contributed by atoms with van der Waals surface area (Å²) in [6.45, 7) is 3.22. The summed E-state index contributed by atoms with van der Waals surface area (Å²) < 4.78 is 20.4. The Hall–Kier alpha value is -2.57. The van der Waals surface area contributed by atoms with Crippen molar-refractivity contribution in [2.75, 3.05) is 20.2 Å². The van der Waals surface area contributed by atoms with Gasteiger partial charge in [-0.15, -0.1) is 11.3 Å². The number of ether oxygens (including phenoxy) is 1. The lowest BCUT2D eigenvalue weighted by Crippen LogP contribution is -2.40. The minimum atomic E-state index is -0.336. The first-order valence-electron chi connectivity index (χ1n) is 10.1. The van der Waals surface area contributed by atoms with Crippen LogP contribution in [0.5, 0.6) is 0 Å². The molecular formula is C24H24FNO3S. The number of benzene rings is 2. The van der Waals surface area contributed by atoms with Crippen molar-refractivity contribution in [1.82, 2.24) is 4.90 Å². The van der Waals surface area contributed by atoms with Gasteiger partial charge in [0, 0.05) is 47.3 Å². The van der Waals surface area contributed by atoms with Crippen LogP contribution >= 0.6 is 11.3 Å². The van der Waals surface area contributed by atoms with Crippen LogP contribution in [0, 0.1) is 18.7 Å². The van der Waals surface area contributed by atoms with E-state index in [0.717, 1.165) is 15.8 Å². The van der Waals surface area contributed by atoms with Crippen molar-refractivity contribution in [3.05, 3.63) is 69.8 Å². The maximum absolute atomic E-state index is 14.4. The smallest absolute Gasteiger partial charge is 0.264 e. The van der Waals surface area contributed by atoms with Gasteiger partial charge in [-0.3, -0.25) is 9.59 Å². The molecule has 1 aromatic heterocycles. The molecule has 0 bridgehead atoms. The van der Waals surface area contributed by atoms with E-state index in [9.17, 15) is 14.0 Å². The van der Waals surface area contributed by atoms with Gasteiger partial charge in [0.2, 0.25) is 0 Å². The minimum absolute atomic E-state index is 0.0740. The maximum atomic E-state index is 14.4. The number of Topliss-reactive ketones (excluding diaryl/α,β-unsaturated/α-hetero) is 1. The summed E-state index contributed by atoms with van der Waals surface area (Å²) in [6, 6.07) is 12.5. The Bertz CT molecular complexity index is 1080. The molecule has 0 N–H and O–H groups in total. The van der Waals surface area contributed by atoms with Crippen LogP contribution in [-0.4, -0.2) is 36.8 Å². The molecule has 0 spiro atoms. The molecule has 1 saturated heterocycles. The molecule has 4 rings (SSSR count). The topological polar surface area (TPSA) is 46.6 Å². The number of halogens is 1. The minimum Gasteiger partial charge on any atom is -0.380 e. The van der Waals surface area contributed by atoms with Gasteiger partial charge in [0.25, 0.3) is 5.91 Å². The Balaban J connectivity index is 1.51. The number of carbonyl (C=O) groups is 2. The van der Waals surface area contributed by atoms with Crippen LogP contribution in [0.2, 0.25) is 0 Å². The molecule has 156 valence electrons. The van der Waals surface area contributed by atoms with E-state index in [2.05, 4.69) is 0 Å². The molecule has 1 aliphatic rings. The van der Waals surface area contributed by atoms with Crippen LogP contribution in [-0.2, 0) is 11.3 Å². The van der Waals surface area contributed by atoms with Gasteiger partial charge in [-0.25, -0.2) is 4.39 Å². The summed E-state index contributed by atoms with van der Waals surface area (Å²) in [5, 5.41) is 0.470. The number of hydrogen-bond acceptors (Lipinski definition) is 4. The Morgan fingerprint density at radius 1 is 1.13 bits per heavy atom. The van der Waals surface area contributed by atoms with Crippen LogP contribution in [0.25, 0.3) is 10.1 Å². The second-order valence-corrected chi connectivity index (χ2v) is 8.80. The fourth-order valence-corrected chi connectivity index (χ4v) is 5.25. The highest BCUT2D eigenvalue weighted by Gasteiger charge is 2.31.